The van der Waals surface area contributed by atoms with Crippen LogP contribution in [-0.4, -0.2) is 47.5 Å². The Morgan fingerprint density at radius 1 is 1.19 bits per heavy atom. The summed E-state index contributed by atoms with van der Waals surface area (Å²) in [7, 11) is 0. The number of likely N-dealkylation sites (tertiary alicyclic amines) is 1. The topological polar surface area (TPSA) is 41.9 Å². The Morgan fingerprint density at radius 3 is 2.81 bits per heavy atom. The summed E-state index contributed by atoms with van der Waals surface area (Å²) in [6, 6.07) is 8.91. The molecule has 1 aromatic rings. The zero-order chi connectivity index (χ0) is 18.0. The zero-order valence-corrected chi connectivity index (χ0v) is 16.0. The SMILES string of the molecule is C[C@]1(O)CCOC[C@H]1[C@H]1CCCN1Cc1ccccc1OC1CCCC1. The molecule has 1 aromatic carbocycles. The number of benzene rings is 1. The molecule has 4 heteroatoms. The molecule has 144 valence electrons. The van der Waals surface area contributed by atoms with Gasteiger partial charge in [-0.05, 0) is 64.5 Å². The number of para-hydroxylation sites is 1. The van der Waals surface area contributed by atoms with Crippen LogP contribution in [0.2, 0.25) is 0 Å². The van der Waals surface area contributed by atoms with Gasteiger partial charge in [0.1, 0.15) is 5.75 Å². The number of hydrogen-bond acceptors (Lipinski definition) is 4. The van der Waals surface area contributed by atoms with Gasteiger partial charge in [0.2, 0.25) is 0 Å². The minimum absolute atomic E-state index is 0.196. The molecule has 26 heavy (non-hydrogen) atoms. The van der Waals surface area contributed by atoms with E-state index in [9.17, 15) is 5.11 Å². The summed E-state index contributed by atoms with van der Waals surface area (Å²) in [5.74, 6) is 1.25. The number of rotatable bonds is 5. The standard InChI is InChI=1S/C22H33NO3/c1-22(24)12-14-25-16-19(22)20-10-6-13-23(20)15-17-7-2-5-11-21(17)26-18-8-3-4-9-18/h2,5,7,11,18-20,24H,3-4,6,8-10,12-16H2,1H3/t19-,20+,22-/m0/s1. The van der Waals surface area contributed by atoms with Gasteiger partial charge in [-0.2, -0.15) is 0 Å². The molecule has 0 unspecified atom stereocenters. The fraction of sp³-hybridized carbons (Fsp3) is 0.727. The maximum atomic E-state index is 10.9. The van der Waals surface area contributed by atoms with Gasteiger partial charge in [0, 0.05) is 30.7 Å². The lowest BCUT2D eigenvalue weighted by molar-refractivity contribution is -0.123. The first-order valence-corrected chi connectivity index (χ1v) is 10.4. The average molecular weight is 360 g/mol. The van der Waals surface area contributed by atoms with Crippen LogP contribution in [0.4, 0.5) is 0 Å². The van der Waals surface area contributed by atoms with Crippen molar-refractivity contribution in [1.82, 2.24) is 4.90 Å². The highest BCUT2D eigenvalue weighted by molar-refractivity contribution is 5.33. The van der Waals surface area contributed by atoms with Gasteiger partial charge in [0.25, 0.3) is 0 Å². The van der Waals surface area contributed by atoms with Crippen LogP contribution in [0.3, 0.4) is 0 Å². The molecule has 1 aliphatic carbocycles. The van der Waals surface area contributed by atoms with Crippen LogP contribution < -0.4 is 4.74 Å². The Hall–Kier alpha value is -1.10. The molecule has 1 N–H and O–H groups in total. The fourth-order valence-corrected chi connectivity index (χ4v) is 5.04. The van der Waals surface area contributed by atoms with E-state index in [2.05, 4.69) is 29.2 Å². The molecule has 3 atom stereocenters. The molecule has 0 spiro atoms. The number of ether oxygens (including phenoxy) is 2. The third kappa shape index (κ3) is 3.92. The lowest BCUT2D eigenvalue weighted by atomic mass is 9.79. The molecule has 0 bridgehead atoms. The Balaban J connectivity index is 1.47. The number of hydrogen-bond donors (Lipinski definition) is 1. The van der Waals surface area contributed by atoms with E-state index in [1.807, 2.05) is 6.92 Å². The third-order valence-electron chi connectivity index (χ3n) is 6.67. The van der Waals surface area contributed by atoms with E-state index in [0.717, 1.165) is 31.7 Å². The van der Waals surface area contributed by atoms with Crippen LogP contribution in [0, 0.1) is 5.92 Å². The Morgan fingerprint density at radius 2 is 2.00 bits per heavy atom. The summed E-state index contributed by atoms with van der Waals surface area (Å²) in [6.07, 6.45) is 8.42. The van der Waals surface area contributed by atoms with Crippen molar-refractivity contribution >= 4 is 0 Å². The second-order valence-corrected chi connectivity index (χ2v) is 8.60. The molecule has 4 nitrogen and oxygen atoms in total. The molecule has 2 saturated heterocycles. The van der Waals surface area contributed by atoms with Gasteiger partial charge in [0.15, 0.2) is 0 Å². The summed E-state index contributed by atoms with van der Waals surface area (Å²) in [5, 5.41) is 10.9. The van der Waals surface area contributed by atoms with Crippen molar-refractivity contribution in [2.75, 3.05) is 19.8 Å². The smallest absolute Gasteiger partial charge is 0.124 e. The van der Waals surface area contributed by atoms with Crippen LogP contribution in [0.5, 0.6) is 5.75 Å². The first kappa shape index (κ1) is 18.3. The lowest BCUT2D eigenvalue weighted by Gasteiger charge is -2.43. The van der Waals surface area contributed by atoms with Crippen molar-refractivity contribution in [2.45, 2.75) is 76.2 Å². The van der Waals surface area contributed by atoms with Gasteiger partial charge in [-0.3, -0.25) is 4.90 Å². The van der Waals surface area contributed by atoms with Gasteiger partial charge in [0.05, 0.1) is 18.3 Å². The van der Waals surface area contributed by atoms with Crippen LogP contribution in [0.25, 0.3) is 0 Å². The van der Waals surface area contributed by atoms with E-state index < -0.39 is 5.60 Å². The second-order valence-electron chi connectivity index (χ2n) is 8.60. The highest BCUT2D eigenvalue weighted by Gasteiger charge is 2.44. The Kier molecular flexibility index (Phi) is 5.53. The highest BCUT2D eigenvalue weighted by atomic mass is 16.5. The van der Waals surface area contributed by atoms with Crippen molar-refractivity contribution in [3.05, 3.63) is 29.8 Å². The van der Waals surface area contributed by atoms with E-state index in [0.29, 0.717) is 25.4 Å². The van der Waals surface area contributed by atoms with Crippen molar-refractivity contribution in [3.63, 3.8) is 0 Å². The van der Waals surface area contributed by atoms with Gasteiger partial charge in [-0.1, -0.05) is 18.2 Å². The van der Waals surface area contributed by atoms with Gasteiger partial charge in [-0.25, -0.2) is 0 Å². The lowest BCUT2D eigenvalue weighted by Crippen LogP contribution is -2.52. The molecule has 4 rings (SSSR count). The van der Waals surface area contributed by atoms with Crippen molar-refractivity contribution in [1.29, 1.82) is 0 Å². The maximum Gasteiger partial charge on any atom is 0.124 e. The van der Waals surface area contributed by atoms with Crippen LogP contribution in [0.1, 0.15) is 57.4 Å². The maximum absolute atomic E-state index is 10.9. The predicted octanol–water partition coefficient (Wildman–Crippen LogP) is 3.76. The van der Waals surface area contributed by atoms with E-state index in [1.54, 1.807) is 0 Å². The quantitative estimate of drug-likeness (QED) is 0.869. The van der Waals surface area contributed by atoms with Gasteiger partial charge in [-0.15, -0.1) is 0 Å². The summed E-state index contributed by atoms with van der Waals surface area (Å²) < 4.78 is 12.1. The molecule has 0 amide bonds. The minimum Gasteiger partial charge on any atom is -0.490 e. The molecule has 1 saturated carbocycles. The van der Waals surface area contributed by atoms with Gasteiger partial charge < -0.3 is 14.6 Å². The first-order chi connectivity index (χ1) is 12.6. The second kappa shape index (κ2) is 7.87. The predicted molar refractivity (Wildman–Crippen MR) is 102 cm³/mol. The molecule has 3 aliphatic rings. The fourth-order valence-electron chi connectivity index (χ4n) is 5.04. The first-order valence-electron chi connectivity index (χ1n) is 10.4. The molecule has 0 radical (unpaired) electrons. The van der Waals surface area contributed by atoms with E-state index in [4.69, 9.17) is 9.47 Å². The largest absolute Gasteiger partial charge is 0.490 e. The zero-order valence-electron chi connectivity index (χ0n) is 16.0. The normalized spacial score (nSPS) is 33.6. The molecular weight excluding hydrogens is 326 g/mol. The number of nitrogens with zero attached hydrogens (tertiary/aromatic N) is 1. The van der Waals surface area contributed by atoms with Crippen molar-refractivity contribution in [3.8, 4) is 5.75 Å². The number of aliphatic hydroxyl groups is 1. The molecule has 0 aromatic heterocycles. The van der Waals surface area contributed by atoms with Crippen molar-refractivity contribution < 1.29 is 14.6 Å². The molecule has 2 heterocycles. The monoisotopic (exact) mass is 359 g/mol. The Labute approximate surface area is 157 Å². The van der Waals surface area contributed by atoms with Crippen LogP contribution in [0.15, 0.2) is 24.3 Å². The average Bonchev–Trinajstić information content (AvgIpc) is 3.28. The summed E-state index contributed by atoms with van der Waals surface area (Å²) in [5.41, 5.74) is 0.661. The van der Waals surface area contributed by atoms with Crippen LogP contribution in [-0.2, 0) is 11.3 Å². The third-order valence-corrected chi connectivity index (χ3v) is 6.67. The minimum atomic E-state index is -0.620. The Bertz CT molecular complexity index is 597. The summed E-state index contributed by atoms with van der Waals surface area (Å²) >= 11 is 0. The van der Waals surface area contributed by atoms with Crippen molar-refractivity contribution in [2.24, 2.45) is 5.92 Å². The molecular formula is C22H33NO3. The molecule has 2 aliphatic heterocycles. The van der Waals surface area contributed by atoms with E-state index in [1.165, 1.54) is 37.7 Å². The van der Waals surface area contributed by atoms with Crippen LogP contribution >= 0.6 is 0 Å². The summed E-state index contributed by atoms with van der Waals surface area (Å²) in [6.45, 7) is 5.34. The summed E-state index contributed by atoms with van der Waals surface area (Å²) in [4.78, 5) is 2.55. The van der Waals surface area contributed by atoms with Gasteiger partial charge >= 0.3 is 0 Å². The highest BCUT2D eigenvalue weighted by Crippen LogP contribution is 2.37. The molecule has 3 fully saturated rings. The van der Waals surface area contributed by atoms with E-state index >= 15 is 0 Å². The van der Waals surface area contributed by atoms with E-state index in [-0.39, 0.29) is 5.92 Å².